The highest BCUT2D eigenvalue weighted by molar-refractivity contribution is 7.94. The molecule has 90 valence electrons. The average molecular weight is 243 g/mol. The van der Waals surface area contributed by atoms with Crippen LogP contribution in [0.1, 0.15) is 25.7 Å². The topological polar surface area (TPSA) is 84.5 Å². The normalized spacial score (nSPS) is 29.8. The van der Waals surface area contributed by atoms with Crippen LogP contribution < -0.4 is 11.1 Å². The summed E-state index contributed by atoms with van der Waals surface area (Å²) >= 11 is 0. The molecule has 5 nitrogen and oxygen atoms in total. The van der Waals surface area contributed by atoms with E-state index in [1.165, 1.54) is 18.2 Å². The van der Waals surface area contributed by atoms with Crippen molar-refractivity contribution in [3.63, 3.8) is 0 Å². The first kappa shape index (κ1) is 11.4. The van der Waals surface area contributed by atoms with Crippen LogP contribution in [-0.2, 0) is 9.84 Å². The summed E-state index contributed by atoms with van der Waals surface area (Å²) in [6, 6.07) is 0.0876. The monoisotopic (exact) mass is 243 g/mol. The van der Waals surface area contributed by atoms with Crippen LogP contribution in [0.3, 0.4) is 0 Å². The lowest BCUT2D eigenvalue weighted by Gasteiger charge is -2.13. The Morgan fingerprint density at radius 2 is 2.06 bits per heavy atom. The number of aliphatic imine (C=N–C) groups is 1. The molecule has 0 saturated heterocycles. The van der Waals surface area contributed by atoms with Crippen molar-refractivity contribution in [3.8, 4) is 0 Å². The van der Waals surface area contributed by atoms with E-state index in [1.807, 2.05) is 0 Å². The van der Waals surface area contributed by atoms with Gasteiger partial charge in [0.2, 0.25) is 0 Å². The van der Waals surface area contributed by atoms with Gasteiger partial charge in [0.25, 0.3) is 0 Å². The minimum Gasteiger partial charge on any atom is -0.370 e. The molecule has 1 aliphatic carbocycles. The summed E-state index contributed by atoms with van der Waals surface area (Å²) in [6.07, 6.45) is 6.27. The van der Waals surface area contributed by atoms with E-state index in [0.717, 1.165) is 12.8 Å². The third-order valence-electron chi connectivity index (χ3n) is 2.92. The van der Waals surface area contributed by atoms with Gasteiger partial charge in [-0.1, -0.05) is 12.8 Å². The number of hydrogen-bond donors (Lipinski definition) is 2. The van der Waals surface area contributed by atoms with Gasteiger partial charge < -0.3 is 11.1 Å². The molecule has 0 spiro atoms. The standard InChI is InChI=1S/C10H17N3O2S/c11-10(12-8-3-1-2-4-8)13-9-5-6-16(14,15)7-9/h5-6,8-9H,1-4,7H2,(H3,11,12,13). The van der Waals surface area contributed by atoms with Gasteiger partial charge in [-0.05, 0) is 18.9 Å². The van der Waals surface area contributed by atoms with Gasteiger partial charge in [-0.2, -0.15) is 0 Å². The van der Waals surface area contributed by atoms with Crippen molar-refractivity contribution < 1.29 is 8.42 Å². The molecule has 16 heavy (non-hydrogen) atoms. The molecule has 0 aromatic heterocycles. The van der Waals surface area contributed by atoms with E-state index in [1.54, 1.807) is 6.08 Å². The molecular weight excluding hydrogens is 226 g/mol. The molecule has 1 aliphatic heterocycles. The molecule has 2 aliphatic rings. The SMILES string of the molecule is NC(=NC1C=CS(=O)(=O)C1)NC1CCCC1. The summed E-state index contributed by atoms with van der Waals surface area (Å²) in [6.45, 7) is 0. The van der Waals surface area contributed by atoms with Crippen molar-refractivity contribution in [2.45, 2.75) is 37.8 Å². The van der Waals surface area contributed by atoms with Crippen LogP contribution >= 0.6 is 0 Å². The van der Waals surface area contributed by atoms with Crippen molar-refractivity contribution in [3.05, 3.63) is 11.5 Å². The van der Waals surface area contributed by atoms with E-state index in [2.05, 4.69) is 10.3 Å². The first-order valence-corrected chi connectivity index (χ1v) is 7.27. The zero-order valence-corrected chi connectivity index (χ0v) is 9.91. The summed E-state index contributed by atoms with van der Waals surface area (Å²) < 4.78 is 22.3. The van der Waals surface area contributed by atoms with Gasteiger partial charge in [-0.15, -0.1) is 0 Å². The third-order valence-corrected chi connectivity index (χ3v) is 4.30. The Bertz CT molecular complexity index is 408. The summed E-state index contributed by atoms with van der Waals surface area (Å²) in [5.41, 5.74) is 5.73. The molecule has 0 aromatic rings. The van der Waals surface area contributed by atoms with Gasteiger partial charge in [0.05, 0.1) is 11.8 Å². The van der Waals surface area contributed by atoms with Crippen LogP contribution in [0.25, 0.3) is 0 Å². The molecule has 0 amide bonds. The summed E-state index contributed by atoms with van der Waals surface area (Å²) in [7, 11) is -3.04. The van der Waals surface area contributed by atoms with E-state index in [4.69, 9.17) is 5.73 Å². The Balaban J connectivity index is 1.89. The van der Waals surface area contributed by atoms with Crippen molar-refractivity contribution >= 4 is 15.8 Å². The molecule has 0 bridgehead atoms. The minimum absolute atomic E-state index is 0.0417. The summed E-state index contributed by atoms with van der Waals surface area (Å²) in [5, 5.41) is 4.34. The van der Waals surface area contributed by atoms with Gasteiger partial charge in [-0.25, -0.2) is 13.4 Å². The van der Waals surface area contributed by atoms with Gasteiger partial charge in [0, 0.05) is 11.4 Å². The first-order chi connectivity index (χ1) is 7.55. The molecule has 1 fully saturated rings. The zero-order chi connectivity index (χ0) is 11.6. The molecular formula is C10H17N3O2S. The lowest BCUT2D eigenvalue weighted by atomic mass is 10.2. The fraction of sp³-hybridized carbons (Fsp3) is 0.700. The number of nitrogens with one attached hydrogen (secondary N) is 1. The van der Waals surface area contributed by atoms with Crippen LogP contribution in [-0.4, -0.2) is 32.2 Å². The van der Waals surface area contributed by atoms with E-state index in [-0.39, 0.29) is 11.8 Å². The van der Waals surface area contributed by atoms with Crippen molar-refractivity contribution in [2.24, 2.45) is 10.7 Å². The molecule has 3 N–H and O–H groups in total. The Morgan fingerprint density at radius 1 is 1.38 bits per heavy atom. The van der Waals surface area contributed by atoms with E-state index < -0.39 is 9.84 Å². The highest BCUT2D eigenvalue weighted by Gasteiger charge is 2.22. The van der Waals surface area contributed by atoms with Gasteiger partial charge in [0.15, 0.2) is 15.8 Å². The highest BCUT2D eigenvalue weighted by atomic mass is 32.2. The molecule has 2 rings (SSSR count). The number of rotatable bonds is 2. The fourth-order valence-electron chi connectivity index (χ4n) is 2.14. The minimum atomic E-state index is -3.04. The first-order valence-electron chi connectivity index (χ1n) is 5.56. The molecule has 1 heterocycles. The predicted octanol–water partition coefficient (Wildman–Crippen LogP) is 0.144. The largest absolute Gasteiger partial charge is 0.370 e. The molecule has 0 radical (unpaired) electrons. The molecule has 1 saturated carbocycles. The number of guanidine groups is 1. The Labute approximate surface area is 95.7 Å². The van der Waals surface area contributed by atoms with Crippen molar-refractivity contribution in [1.82, 2.24) is 5.32 Å². The third kappa shape index (κ3) is 2.98. The van der Waals surface area contributed by atoms with Gasteiger partial charge in [0.1, 0.15) is 0 Å². The summed E-state index contributed by atoms with van der Waals surface area (Å²) in [4.78, 5) is 4.15. The maximum atomic E-state index is 11.1. The second kappa shape index (κ2) is 4.45. The molecule has 1 unspecified atom stereocenters. The number of sulfone groups is 1. The lowest BCUT2D eigenvalue weighted by molar-refractivity contribution is 0.603. The smallest absolute Gasteiger partial charge is 0.189 e. The lowest BCUT2D eigenvalue weighted by Crippen LogP contribution is -2.39. The molecule has 0 aromatic carbocycles. The molecule has 6 heteroatoms. The fourth-order valence-corrected chi connectivity index (χ4v) is 3.33. The average Bonchev–Trinajstić information content (AvgIpc) is 2.76. The molecule has 1 atom stereocenters. The Kier molecular flexibility index (Phi) is 3.18. The number of nitrogens with two attached hydrogens (primary N) is 1. The second-order valence-corrected chi connectivity index (χ2v) is 6.30. The van der Waals surface area contributed by atoms with Crippen LogP contribution in [0.15, 0.2) is 16.5 Å². The van der Waals surface area contributed by atoms with Crippen LogP contribution in [0, 0.1) is 0 Å². The quantitative estimate of drug-likeness (QED) is 0.534. The van der Waals surface area contributed by atoms with Crippen molar-refractivity contribution in [2.75, 3.05) is 5.75 Å². The van der Waals surface area contributed by atoms with Gasteiger partial charge >= 0.3 is 0 Å². The second-order valence-electron chi connectivity index (χ2n) is 4.37. The maximum absolute atomic E-state index is 11.1. The highest BCUT2D eigenvalue weighted by Crippen LogP contribution is 2.17. The zero-order valence-electron chi connectivity index (χ0n) is 9.09. The van der Waals surface area contributed by atoms with E-state index in [0.29, 0.717) is 12.0 Å². The van der Waals surface area contributed by atoms with Crippen LogP contribution in [0.4, 0.5) is 0 Å². The van der Waals surface area contributed by atoms with Crippen LogP contribution in [0.2, 0.25) is 0 Å². The van der Waals surface area contributed by atoms with E-state index in [9.17, 15) is 8.42 Å². The Morgan fingerprint density at radius 3 is 2.62 bits per heavy atom. The van der Waals surface area contributed by atoms with Gasteiger partial charge in [-0.3, -0.25) is 0 Å². The van der Waals surface area contributed by atoms with E-state index >= 15 is 0 Å². The predicted molar refractivity (Wildman–Crippen MR) is 63.7 cm³/mol. The number of nitrogens with zero attached hydrogens (tertiary/aromatic N) is 1. The van der Waals surface area contributed by atoms with Crippen LogP contribution in [0.5, 0.6) is 0 Å². The Hall–Kier alpha value is -1.04. The maximum Gasteiger partial charge on any atom is 0.189 e. The summed E-state index contributed by atoms with van der Waals surface area (Å²) in [5.74, 6) is 0.402. The van der Waals surface area contributed by atoms with Crippen molar-refractivity contribution in [1.29, 1.82) is 0 Å². The number of hydrogen-bond acceptors (Lipinski definition) is 3.